The Morgan fingerprint density at radius 1 is 1.19 bits per heavy atom. The average Bonchev–Trinajstić information content (AvgIpc) is 3.34. The van der Waals surface area contributed by atoms with Crippen molar-refractivity contribution in [2.45, 2.75) is 43.6 Å². The fourth-order valence-corrected chi connectivity index (χ4v) is 7.12. The van der Waals surface area contributed by atoms with E-state index in [-0.39, 0.29) is 18.4 Å². The van der Waals surface area contributed by atoms with Crippen LogP contribution in [-0.4, -0.2) is 80.1 Å². The minimum Gasteiger partial charge on any atom is -0.497 e. The van der Waals surface area contributed by atoms with Crippen LogP contribution in [0.4, 0.5) is 0 Å². The van der Waals surface area contributed by atoms with Gasteiger partial charge in [-0.05, 0) is 68.4 Å². The standard InChI is InChI=1S/C26H35N3O6S/c1-19-13-23(34-3)14-20(2)25(19)36(32,33)29-10-6-21(16-29)17-35-18-24(30)28-11-7-26(31,8-12-28)22-5-4-9-27-15-22/h4-5,9,13-15,21,31H,6-8,10-12,16-18H2,1-3H3. The summed E-state index contributed by atoms with van der Waals surface area (Å²) in [6.07, 6.45) is 4.92. The molecule has 1 N–H and O–H groups in total. The van der Waals surface area contributed by atoms with Gasteiger partial charge in [0.2, 0.25) is 15.9 Å². The van der Waals surface area contributed by atoms with Gasteiger partial charge in [0.05, 0.1) is 24.2 Å². The Bertz CT molecular complexity index is 1160. The van der Waals surface area contributed by atoms with Gasteiger partial charge in [0.1, 0.15) is 12.4 Å². The second-order valence-electron chi connectivity index (χ2n) is 9.78. The van der Waals surface area contributed by atoms with Crippen LogP contribution in [0.3, 0.4) is 0 Å². The zero-order chi connectivity index (χ0) is 25.9. The molecule has 1 unspecified atom stereocenters. The molecule has 1 aromatic heterocycles. The molecule has 4 rings (SSSR count). The van der Waals surface area contributed by atoms with Gasteiger partial charge in [-0.25, -0.2) is 8.42 Å². The Hall–Kier alpha value is -2.53. The fourth-order valence-electron chi connectivity index (χ4n) is 5.17. The van der Waals surface area contributed by atoms with Crippen molar-refractivity contribution in [1.82, 2.24) is 14.2 Å². The van der Waals surface area contributed by atoms with Crippen LogP contribution in [-0.2, 0) is 25.2 Å². The number of aromatic nitrogens is 1. The highest BCUT2D eigenvalue weighted by atomic mass is 32.2. The van der Waals surface area contributed by atoms with Crippen LogP contribution in [0.15, 0.2) is 41.6 Å². The lowest BCUT2D eigenvalue weighted by molar-refractivity contribution is -0.141. The molecule has 0 spiro atoms. The number of methoxy groups -OCH3 is 1. The number of amides is 1. The van der Waals surface area contributed by atoms with Crippen LogP contribution in [0.25, 0.3) is 0 Å². The number of benzene rings is 1. The topological polar surface area (TPSA) is 109 Å². The zero-order valence-electron chi connectivity index (χ0n) is 21.1. The fraction of sp³-hybridized carbons (Fsp3) is 0.538. The molecule has 2 aromatic rings. The third kappa shape index (κ3) is 5.56. The third-order valence-corrected chi connectivity index (χ3v) is 9.41. The maximum Gasteiger partial charge on any atom is 0.248 e. The van der Waals surface area contributed by atoms with E-state index in [0.29, 0.717) is 73.8 Å². The van der Waals surface area contributed by atoms with Crippen LogP contribution < -0.4 is 4.74 Å². The van der Waals surface area contributed by atoms with Crippen LogP contribution in [0.2, 0.25) is 0 Å². The van der Waals surface area contributed by atoms with Crippen molar-refractivity contribution in [3.05, 3.63) is 53.3 Å². The maximum atomic E-state index is 13.3. The number of piperidine rings is 1. The lowest BCUT2D eigenvalue weighted by atomic mass is 9.85. The van der Waals surface area contributed by atoms with E-state index in [1.165, 1.54) is 4.31 Å². The van der Waals surface area contributed by atoms with E-state index in [1.807, 2.05) is 6.07 Å². The van der Waals surface area contributed by atoms with E-state index < -0.39 is 15.6 Å². The Morgan fingerprint density at radius 3 is 2.50 bits per heavy atom. The summed E-state index contributed by atoms with van der Waals surface area (Å²) in [5.74, 6) is 0.551. The van der Waals surface area contributed by atoms with E-state index in [2.05, 4.69) is 4.98 Å². The first kappa shape index (κ1) is 26.5. The molecule has 0 radical (unpaired) electrons. The molecule has 1 atom stereocenters. The van der Waals surface area contributed by atoms with Crippen LogP contribution >= 0.6 is 0 Å². The lowest BCUT2D eigenvalue weighted by Gasteiger charge is -2.38. The van der Waals surface area contributed by atoms with E-state index in [9.17, 15) is 18.3 Å². The minimum atomic E-state index is -3.63. The molecule has 1 amide bonds. The summed E-state index contributed by atoms with van der Waals surface area (Å²) in [4.78, 5) is 18.8. The SMILES string of the molecule is COc1cc(C)c(S(=O)(=O)N2CCC(COCC(=O)N3CCC(O)(c4cccnc4)CC3)C2)c(C)c1. The zero-order valence-corrected chi connectivity index (χ0v) is 22.0. The predicted molar refractivity (Wildman–Crippen MR) is 134 cm³/mol. The number of rotatable bonds is 8. The van der Waals surface area contributed by atoms with Crippen molar-refractivity contribution >= 4 is 15.9 Å². The molecule has 9 nitrogen and oxygen atoms in total. The van der Waals surface area contributed by atoms with Crippen molar-refractivity contribution in [1.29, 1.82) is 0 Å². The van der Waals surface area contributed by atoms with Crippen molar-refractivity contribution in [3.63, 3.8) is 0 Å². The number of hydrogen-bond acceptors (Lipinski definition) is 7. The number of ether oxygens (including phenoxy) is 2. The van der Waals surface area contributed by atoms with Gasteiger partial charge in [0.25, 0.3) is 0 Å². The molecule has 2 aliphatic rings. The summed E-state index contributed by atoms with van der Waals surface area (Å²) in [6.45, 7) is 5.52. The normalized spacial score (nSPS) is 20.4. The molecule has 0 bridgehead atoms. The van der Waals surface area contributed by atoms with Gasteiger partial charge < -0.3 is 19.5 Å². The number of hydrogen-bond donors (Lipinski definition) is 1. The molecule has 2 fully saturated rings. The second kappa shape index (κ2) is 10.8. The number of nitrogens with zero attached hydrogens (tertiary/aromatic N) is 3. The third-order valence-electron chi connectivity index (χ3n) is 7.24. The van der Waals surface area contributed by atoms with Gasteiger partial charge in [-0.15, -0.1) is 0 Å². The number of carbonyl (C=O) groups is 1. The number of pyridine rings is 1. The van der Waals surface area contributed by atoms with Gasteiger partial charge >= 0.3 is 0 Å². The van der Waals surface area contributed by atoms with E-state index >= 15 is 0 Å². The number of aryl methyl sites for hydroxylation is 2. The highest BCUT2D eigenvalue weighted by Crippen LogP contribution is 2.33. The van der Waals surface area contributed by atoms with E-state index in [1.54, 1.807) is 56.4 Å². The molecule has 3 heterocycles. The summed E-state index contributed by atoms with van der Waals surface area (Å²) in [6, 6.07) is 7.13. The molecular formula is C26H35N3O6S. The summed E-state index contributed by atoms with van der Waals surface area (Å²) in [5, 5.41) is 10.9. The lowest BCUT2D eigenvalue weighted by Crippen LogP contribution is -2.46. The first-order valence-corrected chi connectivity index (χ1v) is 13.7. The molecule has 0 aliphatic carbocycles. The van der Waals surface area contributed by atoms with Gasteiger partial charge in [-0.2, -0.15) is 4.31 Å². The molecule has 10 heteroatoms. The molecule has 0 saturated carbocycles. The summed E-state index contributed by atoms with van der Waals surface area (Å²) in [7, 11) is -2.07. The maximum absolute atomic E-state index is 13.3. The number of carbonyl (C=O) groups excluding carboxylic acids is 1. The van der Waals surface area contributed by atoms with Crippen molar-refractivity contribution < 1.29 is 27.8 Å². The Balaban J connectivity index is 1.25. The molecule has 196 valence electrons. The molecule has 1 aromatic carbocycles. The van der Waals surface area contributed by atoms with Crippen molar-refractivity contribution in [3.8, 4) is 5.75 Å². The number of likely N-dealkylation sites (tertiary alicyclic amines) is 1. The summed E-state index contributed by atoms with van der Waals surface area (Å²) in [5.41, 5.74) is 1.13. The number of aliphatic hydroxyl groups is 1. The van der Waals surface area contributed by atoms with E-state index in [4.69, 9.17) is 9.47 Å². The van der Waals surface area contributed by atoms with Crippen molar-refractivity contribution in [2.24, 2.45) is 5.92 Å². The summed E-state index contributed by atoms with van der Waals surface area (Å²) < 4.78 is 39.1. The minimum absolute atomic E-state index is 0.0310. The Kier molecular flexibility index (Phi) is 7.99. The Morgan fingerprint density at radius 2 is 1.89 bits per heavy atom. The quantitative estimate of drug-likeness (QED) is 0.572. The highest BCUT2D eigenvalue weighted by Gasteiger charge is 2.37. The molecular weight excluding hydrogens is 482 g/mol. The molecule has 2 aliphatic heterocycles. The molecule has 2 saturated heterocycles. The number of sulfonamides is 1. The average molecular weight is 518 g/mol. The molecule has 36 heavy (non-hydrogen) atoms. The monoisotopic (exact) mass is 517 g/mol. The van der Waals surface area contributed by atoms with E-state index in [0.717, 1.165) is 5.56 Å². The van der Waals surface area contributed by atoms with Gasteiger partial charge in [-0.3, -0.25) is 9.78 Å². The largest absolute Gasteiger partial charge is 0.497 e. The first-order chi connectivity index (χ1) is 17.1. The van der Waals surface area contributed by atoms with Crippen LogP contribution in [0.5, 0.6) is 5.75 Å². The predicted octanol–water partition coefficient (Wildman–Crippen LogP) is 2.24. The Labute approximate surface area is 213 Å². The van der Waals surface area contributed by atoms with Crippen LogP contribution in [0.1, 0.15) is 36.0 Å². The first-order valence-electron chi connectivity index (χ1n) is 12.3. The van der Waals surface area contributed by atoms with Crippen LogP contribution in [0, 0.1) is 19.8 Å². The highest BCUT2D eigenvalue weighted by molar-refractivity contribution is 7.89. The smallest absolute Gasteiger partial charge is 0.248 e. The van der Waals surface area contributed by atoms with Gasteiger partial charge in [0.15, 0.2) is 0 Å². The van der Waals surface area contributed by atoms with Gasteiger partial charge in [0, 0.05) is 44.1 Å². The van der Waals surface area contributed by atoms with Gasteiger partial charge in [-0.1, -0.05) is 6.07 Å². The second-order valence-corrected chi connectivity index (χ2v) is 11.7. The summed E-state index contributed by atoms with van der Waals surface area (Å²) >= 11 is 0. The van der Waals surface area contributed by atoms with Crippen molar-refractivity contribution in [2.75, 3.05) is 46.5 Å².